The van der Waals surface area contributed by atoms with Gasteiger partial charge in [-0.25, -0.2) is 0 Å². The number of hydrogen-bond acceptors (Lipinski definition) is 2. The van der Waals surface area contributed by atoms with Crippen molar-refractivity contribution in [2.75, 3.05) is 6.54 Å². The second-order valence-electron chi connectivity index (χ2n) is 5.27. The molecule has 0 fully saturated rings. The highest BCUT2D eigenvalue weighted by molar-refractivity contribution is 5.78. The van der Waals surface area contributed by atoms with Crippen LogP contribution in [-0.4, -0.2) is 18.4 Å². The second-order valence-corrected chi connectivity index (χ2v) is 5.27. The molecule has 0 amide bonds. The van der Waals surface area contributed by atoms with Gasteiger partial charge in [-0.1, -0.05) is 59.3 Å². The molecule has 2 nitrogen and oxygen atoms in total. The summed E-state index contributed by atoms with van der Waals surface area (Å²) < 4.78 is 0. The Labute approximate surface area is 108 Å². The lowest BCUT2D eigenvalue weighted by atomic mass is 10.1. The molecule has 0 saturated carbocycles. The summed E-state index contributed by atoms with van der Waals surface area (Å²) in [4.78, 5) is 11.5. The molecule has 0 atom stereocenters. The zero-order valence-electron chi connectivity index (χ0n) is 12.1. The molecule has 17 heavy (non-hydrogen) atoms. The predicted molar refractivity (Wildman–Crippen MR) is 75.4 cm³/mol. The fraction of sp³-hybridized carbons (Fsp3) is 0.933. The average Bonchev–Trinajstić information content (AvgIpc) is 2.27. The maximum Gasteiger partial charge on any atom is 0.134 e. The van der Waals surface area contributed by atoms with Crippen molar-refractivity contribution in [3.63, 3.8) is 0 Å². The number of ketones is 1. The van der Waals surface area contributed by atoms with Crippen LogP contribution in [0.4, 0.5) is 0 Å². The lowest BCUT2D eigenvalue weighted by Crippen LogP contribution is -2.25. The molecule has 0 saturated heterocycles. The van der Waals surface area contributed by atoms with E-state index in [9.17, 15) is 4.79 Å². The maximum absolute atomic E-state index is 11.5. The van der Waals surface area contributed by atoms with Gasteiger partial charge in [0.2, 0.25) is 0 Å². The third kappa shape index (κ3) is 13.6. The maximum atomic E-state index is 11.5. The SMILES string of the molecule is CCCCCCCCCC(=O)CCNC(C)C. The highest BCUT2D eigenvalue weighted by Crippen LogP contribution is 2.09. The summed E-state index contributed by atoms with van der Waals surface area (Å²) in [5.74, 6) is 0.423. The van der Waals surface area contributed by atoms with Gasteiger partial charge in [0.05, 0.1) is 0 Å². The van der Waals surface area contributed by atoms with Gasteiger partial charge >= 0.3 is 0 Å². The van der Waals surface area contributed by atoms with E-state index in [0.29, 0.717) is 18.2 Å². The predicted octanol–water partition coefficient (Wildman–Crippen LogP) is 4.08. The Morgan fingerprint density at radius 3 is 2.12 bits per heavy atom. The number of unbranched alkanes of at least 4 members (excludes halogenated alkanes) is 6. The molecule has 0 aromatic heterocycles. The van der Waals surface area contributed by atoms with Crippen LogP contribution >= 0.6 is 0 Å². The minimum absolute atomic E-state index is 0.423. The Hall–Kier alpha value is -0.370. The first kappa shape index (κ1) is 16.6. The fourth-order valence-corrected chi connectivity index (χ4v) is 1.90. The molecule has 2 heteroatoms. The summed E-state index contributed by atoms with van der Waals surface area (Å²) in [6.07, 6.45) is 10.5. The first-order valence-electron chi connectivity index (χ1n) is 7.42. The van der Waals surface area contributed by atoms with Crippen LogP contribution in [0.2, 0.25) is 0 Å². The van der Waals surface area contributed by atoms with Crippen LogP contribution < -0.4 is 5.32 Å². The highest BCUT2D eigenvalue weighted by Gasteiger charge is 2.02. The first-order chi connectivity index (χ1) is 8.16. The van der Waals surface area contributed by atoms with Gasteiger partial charge in [0.1, 0.15) is 5.78 Å². The Bertz CT molecular complexity index is 178. The molecule has 102 valence electrons. The molecule has 0 rings (SSSR count). The molecule has 1 N–H and O–H groups in total. The number of Topliss-reactive ketones (excluding diaryl/α,β-unsaturated/α-hetero) is 1. The summed E-state index contributed by atoms with van der Waals surface area (Å²) in [5, 5.41) is 3.28. The van der Waals surface area contributed by atoms with E-state index in [0.717, 1.165) is 19.4 Å². The number of nitrogens with one attached hydrogen (secondary N) is 1. The Morgan fingerprint density at radius 1 is 0.941 bits per heavy atom. The third-order valence-electron chi connectivity index (χ3n) is 3.02. The molecule has 0 heterocycles. The number of carbonyl (C=O) groups is 1. The first-order valence-corrected chi connectivity index (χ1v) is 7.42. The van der Waals surface area contributed by atoms with Gasteiger partial charge in [-0.3, -0.25) is 4.79 Å². The van der Waals surface area contributed by atoms with Crippen molar-refractivity contribution in [3.05, 3.63) is 0 Å². The van der Waals surface area contributed by atoms with Crippen molar-refractivity contribution in [2.24, 2.45) is 0 Å². The van der Waals surface area contributed by atoms with Crippen molar-refractivity contribution in [1.82, 2.24) is 5.32 Å². The highest BCUT2D eigenvalue weighted by atomic mass is 16.1. The molecule has 0 aliphatic carbocycles. The van der Waals surface area contributed by atoms with Gasteiger partial charge in [-0.2, -0.15) is 0 Å². The molecular weight excluding hydrogens is 210 g/mol. The molecular formula is C15H31NO. The summed E-state index contributed by atoms with van der Waals surface area (Å²) in [5.41, 5.74) is 0. The van der Waals surface area contributed by atoms with Crippen LogP contribution in [0.5, 0.6) is 0 Å². The molecule has 0 aromatic rings. The fourth-order valence-electron chi connectivity index (χ4n) is 1.90. The molecule has 0 aliphatic heterocycles. The second kappa shape index (κ2) is 12.1. The van der Waals surface area contributed by atoms with Gasteiger partial charge < -0.3 is 5.32 Å². The summed E-state index contributed by atoms with van der Waals surface area (Å²) in [6.45, 7) is 7.30. The van der Waals surface area contributed by atoms with Crippen LogP contribution in [0.25, 0.3) is 0 Å². The van der Waals surface area contributed by atoms with E-state index in [4.69, 9.17) is 0 Å². The summed E-state index contributed by atoms with van der Waals surface area (Å²) in [7, 11) is 0. The zero-order valence-corrected chi connectivity index (χ0v) is 12.1. The van der Waals surface area contributed by atoms with Crippen molar-refractivity contribution >= 4 is 5.78 Å². The minimum atomic E-state index is 0.423. The molecule has 0 aliphatic rings. The van der Waals surface area contributed by atoms with E-state index < -0.39 is 0 Å². The zero-order chi connectivity index (χ0) is 12.9. The van der Waals surface area contributed by atoms with E-state index in [1.165, 1.54) is 38.5 Å². The normalized spacial score (nSPS) is 11.1. The van der Waals surface area contributed by atoms with Gasteiger partial charge in [0.15, 0.2) is 0 Å². The largest absolute Gasteiger partial charge is 0.314 e. The number of carbonyl (C=O) groups excluding carboxylic acids is 1. The third-order valence-corrected chi connectivity index (χ3v) is 3.02. The van der Waals surface area contributed by atoms with Crippen LogP contribution in [0.1, 0.15) is 78.6 Å². The standard InChI is InChI=1S/C15H31NO/c1-4-5-6-7-8-9-10-11-15(17)12-13-16-14(2)3/h14,16H,4-13H2,1-3H3. The van der Waals surface area contributed by atoms with Gasteiger partial charge in [-0.05, 0) is 6.42 Å². The van der Waals surface area contributed by atoms with Crippen LogP contribution in [0.15, 0.2) is 0 Å². The van der Waals surface area contributed by atoms with Gasteiger partial charge in [-0.15, -0.1) is 0 Å². The lowest BCUT2D eigenvalue weighted by Gasteiger charge is -2.07. The van der Waals surface area contributed by atoms with Crippen LogP contribution in [-0.2, 0) is 4.79 Å². The van der Waals surface area contributed by atoms with Crippen molar-refractivity contribution < 1.29 is 4.79 Å². The van der Waals surface area contributed by atoms with E-state index in [2.05, 4.69) is 26.1 Å². The van der Waals surface area contributed by atoms with Crippen molar-refractivity contribution in [1.29, 1.82) is 0 Å². The van der Waals surface area contributed by atoms with E-state index in [-0.39, 0.29) is 0 Å². The number of rotatable bonds is 12. The van der Waals surface area contributed by atoms with Gasteiger partial charge in [0.25, 0.3) is 0 Å². The van der Waals surface area contributed by atoms with E-state index in [1.54, 1.807) is 0 Å². The van der Waals surface area contributed by atoms with Crippen LogP contribution in [0, 0.1) is 0 Å². The molecule has 0 unspecified atom stereocenters. The topological polar surface area (TPSA) is 29.1 Å². The molecule has 0 bridgehead atoms. The van der Waals surface area contributed by atoms with Crippen molar-refractivity contribution in [3.8, 4) is 0 Å². The monoisotopic (exact) mass is 241 g/mol. The smallest absolute Gasteiger partial charge is 0.134 e. The summed E-state index contributed by atoms with van der Waals surface area (Å²) >= 11 is 0. The lowest BCUT2D eigenvalue weighted by molar-refractivity contribution is -0.119. The summed E-state index contributed by atoms with van der Waals surface area (Å²) in [6, 6.07) is 0.487. The molecule has 0 spiro atoms. The molecule has 0 aromatic carbocycles. The Balaban J connectivity index is 3.16. The van der Waals surface area contributed by atoms with Crippen molar-refractivity contribution in [2.45, 2.75) is 84.6 Å². The Morgan fingerprint density at radius 2 is 1.53 bits per heavy atom. The average molecular weight is 241 g/mol. The number of hydrogen-bond donors (Lipinski definition) is 1. The molecule has 0 radical (unpaired) electrons. The van der Waals surface area contributed by atoms with E-state index >= 15 is 0 Å². The van der Waals surface area contributed by atoms with E-state index in [1.807, 2.05) is 0 Å². The van der Waals surface area contributed by atoms with Crippen LogP contribution in [0.3, 0.4) is 0 Å². The minimum Gasteiger partial charge on any atom is -0.314 e. The quantitative estimate of drug-likeness (QED) is 0.522. The Kier molecular flexibility index (Phi) is 11.8. The van der Waals surface area contributed by atoms with Gasteiger partial charge in [0, 0.05) is 25.4 Å².